The number of sulfonamides is 1. The molecule has 0 bridgehead atoms. The van der Waals surface area contributed by atoms with Crippen LogP contribution < -0.4 is 9.62 Å². The summed E-state index contributed by atoms with van der Waals surface area (Å²) in [6.45, 7) is 1.37. The summed E-state index contributed by atoms with van der Waals surface area (Å²) in [6.07, 6.45) is 0. The second-order valence-corrected chi connectivity index (χ2v) is 6.46. The average Bonchev–Trinajstić information content (AvgIpc) is 2.50. The van der Waals surface area contributed by atoms with Gasteiger partial charge in [0, 0.05) is 19.7 Å². The molecule has 1 N–H and O–H groups in total. The van der Waals surface area contributed by atoms with Crippen LogP contribution in [0.5, 0.6) is 0 Å². The Kier molecular flexibility index (Phi) is 4.65. The fourth-order valence-electron chi connectivity index (χ4n) is 1.82. The van der Waals surface area contributed by atoms with E-state index >= 15 is 0 Å². The lowest BCUT2D eigenvalue weighted by atomic mass is 10.3. The van der Waals surface area contributed by atoms with E-state index in [-0.39, 0.29) is 10.8 Å². The summed E-state index contributed by atoms with van der Waals surface area (Å²) < 4.78 is 53.4. The second kappa shape index (κ2) is 6.33. The summed E-state index contributed by atoms with van der Waals surface area (Å²) in [6, 6.07) is 8.37. The van der Waals surface area contributed by atoms with Crippen LogP contribution in [0, 0.1) is 11.6 Å². The van der Waals surface area contributed by atoms with E-state index in [0.29, 0.717) is 5.69 Å². The Hall–Kier alpha value is -2.48. The zero-order valence-electron chi connectivity index (χ0n) is 12.4. The molecule has 0 atom stereocenters. The molecule has 0 spiro atoms. The fraction of sp³-hybridized carbons (Fsp3) is 0.133. The third-order valence-corrected chi connectivity index (χ3v) is 4.57. The molecule has 0 unspecified atom stereocenters. The van der Waals surface area contributed by atoms with E-state index in [9.17, 15) is 22.0 Å². The predicted molar refractivity (Wildman–Crippen MR) is 82.7 cm³/mol. The highest BCUT2D eigenvalue weighted by Gasteiger charge is 2.19. The summed E-state index contributed by atoms with van der Waals surface area (Å²) >= 11 is 0. The summed E-state index contributed by atoms with van der Waals surface area (Å²) in [5.41, 5.74) is -0.244. The van der Waals surface area contributed by atoms with Crippen LogP contribution in [0.3, 0.4) is 0 Å². The predicted octanol–water partition coefficient (Wildman–Crippen LogP) is 2.75. The van der Waals surface area contributed by atoms with Crippen LogP contribution in [0.1, 0.15) is 6.92 Å². The molecule has 0 radical (unpaired) electrons. The molecule has 1 amide bonds. The third-order valence-electron chi connectivity index (χ3n) is 3.21. The number of hydrogen-bond acceptors (Lipinski definition) is 3. The van der Waals surface area contributed by atoms with Crippen molar-refractivity contribution in [2.75, 3.05) is 16.7 Å². The van der Waals surface area contributed by atoms with Crippen molar-refractivity contribution < 1.29 is 22.0 Å². The molecule has 0 saturated carbocycles. The number of nitrogens with zero attached hydrogens (tertiary/aromatic N) is 1. The molecule has 0 fully saturated rings. The number of carbonyl (C=O) groups is 1. The normalized spacial score (nSPS) is 11.1. The molecule has 0 aliphatic carbocycles. The minimum atomic E-state index is -4.15. The van der Waals surface area contributed by atoms with E-state index in [4.69, 9.17) is 0 Å². The number of hydrogen-bond donors (Lipinski definition) is 1. The molecule has 2 aromatic carbocycles. The number of benzene rings is 2. The summed E-state index contributed by atoms with van der Waals surface area (Å²) in [5, 5.41) is 0. The molecule has 2 aromatic rings. The van der Waals surface area contributed by atoms with Crippen LogP contribution in [0.25, 0.3) is 0 Å². The molecule has 8 heteroatoms. The smallest absolute Gasteiger partial charge is 0.262 e. The van der Waals surface area contributed by atoms with Crippen LogP contribution >= 0.6 is 0 Å². The van der Waals surface area contributed by atoms with Gasteiger partial charge in [-0.05, 0) is 36.4 Å². The molecule has 0 aliphatic heterocycles. The Labute approximate surface area is 132 Å². The first-order chi connectivity index (χ1) is 10.7. The van der Waals surface area contributed by atoms with Gasteiger partial charge in [-0.25, -0.2) is 17.2 Å². The summed E-state index contributed by atoms with van der Waals surface area (Å²) in [7, 11) is -2.61. The van der Waals surface area contributed by atoms with Gasteiger partial charge in [-0.3, -0.25) is 9.52 Å². The zero-order chi connectivity index (χ0) is 17.2. The maximum absolute atomic E-state index is 13.5. The highest BCUT2D eigenvalue weighted by atomic mass is 32.2. The first kappa shape index (κ1) is 16.9. The largest absolute Gasteiger partial charge is 0.316 e. The molecular formula is C15H14F2N2O3S. The first-order valence-corrected chi connectivity index (χ1v) is 8.02. The van der Waals surface area contributed by atoms with Crippen LogP contribution in [-0.4, -0.2) is 21.4 Å². The number of para-hydroxylation sites is 1. The van der Waals surface area contributed by atoms with Gasteiger partial charge >= 0.3 is 0 Å². The zero-order valence-corrected chi connectivity index (χ0v) is 13.2. The number of carbonyl (C=O) groups excluding carboxylic acids is 1. The molecule has 0 aromatic heterocycles. The SMILES string of the molecule is CC(=O)N(C)c1ccc(S(=O)(=O)Nc2c(F)cccc2F)cc1. The number of rotatable bonds is 4. The Morgan fingerprint density at radius 3 is 2.04 bits per heavy atom. The van der Waals surface area contributed by atoms with Gasteiger partial charge in [0.1, 0.15) is 17.3 Å². The molecule has 2 rings (SSSR count). The number of nitrogens with one attached hydrogen (secondary N) is 1. The van der Waals surface area contributed by atoms with Crippen molar-refractivity contribution in [3.8, 4) is 0 Å². The van der Waals surface area contributed by atoms with Gasteiger partial charge < -0.3 is 4.90 Å². The van der Waals surface area contributed by atoms with E-state index in [0.717, 1.165) is 18.2 Å². The summed E-state index contributed by atoms with van der Waals surface area (Å²) in [4.78, 5) is 12.4. The summed E-state index contributed by atoms with van der Waals surface area (Å²) in [5.74, 6) is -2.24. The van der Waals surface area contributed by atoms with Gasteiger partial charge in [0.2, 0.25) is 5.91 Å². The Morgan fingerprint density at radius 1 is 1.04 bits per heavy atom. The van der Waals surface area contributed by atoms with Gasteiger partial charge in [0.15, 0.2) is 0 Å². The number of amides is 1. The Balaban J connectivity index is 2.32. The minimum Gasteiger partial charge on any atom is -0.316 e. The topological polar surface area (TPSA) is 66.5 Å². The van der Waals surface area contributed by atoms with Crippen molar-refractivity contribution in [1.82, 2.24) is 0 Å². The number of anilines is 2. The molecule has 122 valence electrons. The lowest BCUT2D eigenvalue weighted by Gasteiger charge is -2.15. The van der Waals surface area contributed by atoms with Gasteiger partial charge in [0.25, 0.3) is 10.0 Å². The van der Waals surface area contributed by atoms with Gasteiger partial charge in [-0.2, -0.15) is 0 Å². The van der Waals surface area contributed by atoms with Gasteiger partial charge in [-0.15, -0.1) is 0 Å². The van der Waals surface area contributed by atoms with Crippen molar-refractivity contribution >= 4 is 27.3 Å². The highest BCUT2D eigenvalue weighted by molar-refractivity contribution is 7.92. The van der Waals surface area contributed by atoms with E-state index in [1.54, 1.807) is 7.05 Å². The quantitative estimate of drug-likeness (QED) is 0.931. The fourth-order valence-corrected chi connectivity index (χ4v) is 2.90. The van der Waals surface area contributed by atoms with Crippen LogP contribution in [0.4, 0.5) is 20.2 Å². The Bertz CT molecular complexity index is 816. The maximum Gasteiger partial charge on any atom is 0.262 e. The van der Waals surface area contributed by atoms with Crippen LogP contribution in [-0.2, 0) is 14.8 Å². The molecule has 0 aliphatic rings. The average molecular weight is 340 g/mol. The van der Waals surface area contributed by atoms with Crippen molar-refractivity contribution in [2.24, 2.45) is 0 Å². The second-order valence-electron chi connectivity index (χ2n) is 4.77. The maximum atomic E-state index is 13.5. The van der Waals surface area contributed by atoms with Gasteiger partial charge in [-0.1, -0.05) is 6.07 Å². The first-order valence-electron chi connectivity index (χ1n) is 6.53. The lowest BCUT2D eigenvalue weighted by molar-refractivity contribution is -0.116. The standard InChI is InChI=1S/C15H14F2N2O3S/c1-10(20)19(2)11-6-8-12(9-7-11)23(21,22)18-15-13(16)4-3-5-14(15)17/h3-9,18H,1-2H3. The molecule has 5 nitrogen and oxygen atoms in total. The molecule has 0 saturated heterocycles. The Morgan fingerprint density at radius 2 is 1.57 bits per heavy atom. The van der Waals surface area contributed by atoms with Crippen molar-refractivity contribution in [2.45, 2.75) is 11.8 Å². The van der Waals surface area contributed by atoms with Crippen molar-refractivity contribution in [3.63, 3.8) is 0 Å². The minimum absolute atomic E-state index is 0.180. The van der Waals surface area contributed by atoms with Crippen molar-refractivity contribution in [1.29, 1.82) is 0 Å². The molecular weight excluding hydrogens is 326 g/mol. The van der Waals surface area contributed by atoms with Crippen molar-refractivity contribution in [3.05, 3.63) is 54.1 Å². The van der Waals surface area contributed by atoms with E-state index < -0.39 is 27.3 Å². The monoisotopic (exact) mass is 340 g/mol. The molecule has 23 heavy (non-hydrogen) atoms. The van der Waals surface area contributed by atoms with E-state index in [2.05, 4.69) is 0 Å². The van der Waals surface area contributed by atoms with E-state index in [1.807, 2.05) is 4.72 Å². The van der Waals surface area contributed by atoms with Gasteiger partial charge in [0.05, 0.1) is 4.90 Å². The molecule has 0 heterocycles. The third kappa shape index (κ3) is 3.65. The van der Waals surface area contributed by atoms with Crippen LogP contribution in [0.2, 0.25) is 0 Å². The highest BCUT2D eigenvalue weighted by Crippen LogP contribution is 2.23. The number of halogens is 2. The lowest BCUT2D eigenvalue weighted by Crippen LogP contribution is -2.22. The van der Waals surface area contributed by atoms with Crippen LogP contribution in [0.15, 0.2) is 47.4 Å². The van der Waals surface area contributed by atoms with E-state index in [1.165, 1.54) is 36.1 Å².